The molecule has 0 bridgehead atoms. The molecule has 0 aromatic heterocycles. The van der Waals surface area contributed by atoms with Crippen LogP contribution in [-0.4, -0.2) is 6.61 Å². The molecule has 0 fully saturated rings. The lowest BCUT2D eigenvalue weighted by molar-refractivity contribution is 0.342. The van der Waals surface area contributed by atoms with E-state index in [2.05, 4.69) is 6.07 Å². The van der Waals surface area contributed by atoms with Crippen molar-refractivity contribution in [2.24, 2.45) is 0 Å². The largest absolute Gasteiger partial charge is 0.493 e. The molecule has 0 aliphatic heterocycles. The third-order valence-corrected chi connectivity index (χ3v) is 2.60. The van der Waals surface area contributed by atoms with Crippen LogP contribution in [-0.2, 0) is 0 Å². The molecule has 2 rings (SSSR count). The molecule has 0 aromatic rings. The van der Waals surface area contributed by atoms with Crippen LogP contribution in [0.4, 0.5) is 0 Å². The topological polar surface area (TPSA) is 33.0 Å². The minimum atomic E-state index is 0.631. The van der Waals surface area contributed by atoms with Crippen LogP contribution in [0.25, 0.3) is 11.1 Å². The Labute approximate surface area is 95.4 Å². The van der Waals surface area contributed by atoms with Crippen molar-refractivity contribution in [2.45, 2.75) is 13.8 Å². The van der Waals surface area contributed by atoms with Crippen molar-refractivity contribution < 1.29 is 4.74 Å². The third-order valence-electron chi connectivity index (χ3n) is 2.60. The van der Waals surface area contributed by atoms with Gasteiger partial charge in [-0.1, -0.05) is 18.2 Å². The maximum Gasteiger partial charge on any atom is 0.127 e. The molecule has 0 aromatic carbocycles. The van der Waals surface area contributed by atoms with E-state index in [0.29, 0.717) is 12.2 Å². The quantitative estimate of drug-likeness (QED) is 0.763. The molecule has 0 saturated carbocycles. The average molecular weight is 211 g/mol. The van der Waals surface area contributed by atoms with E-state index in [4.69, 9.17) is 10.00 Å². The lowest BCUT2D eigenvalue weighted by Gasteiger charge is -2.06. The van der Waals surface area contributed by atoms with Crippen LogP contribution in [0.1, 0.15) is 18.1 Å². The zero-order valence-electron chi connectivity index (χ0n) is 9.45. The first-order chi connectivity index (χ1) is 7.77. The minimum Gasteiger partial charge on any atom is -0.493 e. The van der Waals surface area contributed by atoms with E-state index >= 15 is 0 Å². The van der Waals surface area contributed by atoms with Crippen molar-refractivity contribution in [3.8, 4) is 22.9 Å². The van der Waals surface area contributed by atoms with Crippen LogP contribution in [0.3, 0.4) is 0 Å². The Morgan fingerprint density at radius 1 is 1.31 bits per heavy atom. The molecule has 0 unspecified atom stereocenters. The molecule has 0 saturated heterocycles. The van der Waals surface area contributed by atoms with E-state index in [-0.39, 0.29) is 0 Å². The molecule has 80 valence electrons. The second kappa shape index (κ2) is 4.24. The van der Waals surface area contributed by atoms with Gasteiger partial charge in [-0.3, -0.25) is 0 Å². The van der Waals surface area contributed by atoms with Gasteiger partial charge in [0, 0.05) is 11.1 Å². The van der Waals surface area contributed by atoms with E-state index in [0.717, 1.165) is 22.4 Å². The molecule has 0 radical (unpaired) electrons. The summed E-state index contributed by atoms with van der Waals surface area (Å²) in [5.41, 5.74) is 3.81. The third kappa shape index (κ3) is 1.61. The summed E-state index contributed by atoms with van der Waals surface area (Å²) in [4.78, 5) is 0. The number of ether oxygens (including phenoxy) is 1. The van der Waals surface area contributed by atoms with Gasteiger partial charge in [-0.2, -0.15) is 5.26 Å². The van der Waals surface area contributed by atoms with Crippen molar-refractivity contribution in [1.82, 2.24) is 0 Å². The molecule has 2 nitrogen and oxygen atoms in total. The van der Waals surface area contributed by atoms with Gasteiger partial charge in [-0.15, -0.1) is 0 Å². The molecule has 0 heterocycles. The van der Waals surface area contributed by atoms with E-state index in [1.54, 1.807) is 0 Å². The number of hydrogen-bond donors (Lipinski definition) is 0. The predicted molar refractivity (Wildman–Crippen MR) is 63.7 cm³/mol. The number of nitriles is 1. The highest BCUT2D eigenvalue weighted by atomic mass is 16.5. The van der Waals surface area contributed by atoms with Gasteiger partial charge in [-0.05, 0) is 31.5 Å². The Balaban J connectivity index is 2.71. The smallest absolute Gasteiger partial charge is 0.127 e. The van der Waals surface area contributed by atoms with Crippen LogP contribution >= 0.6 is 0 Å². The summed E-state index contributed by atoms with van der Waals surface area (Å²) < 4.78 is 5.61. The molecule has 0 atom stereocenters. The molecule has 0 amide bonds. The Morgan fingerprint density at radius 3 is 2.75 bits per heavy atom. The first-order valence-electron chi connectivity index (χ1n) is 5.33. The van der Waals surface area contributed by atoms with Gasteiger partial charge in [0.25, 0.3) is 0 Å². The number of fused-ring (bicyclic) bond motifs is 1. The van der Waals surface area contributed by atoms with Crippen LogP contribution < -0.4 is 4.74 Å². The summed E-state index contributed by atoms with van der Waals surface area (Å²) in [6.07, 6.45) is 0. The number of hydrogen-bond acceptors (Lipinski definition) is 2. The summed E-state index contributed by atoms with van der Waals surface area (Å²) in [7, 11) is 0. The lowest BCUT2D eigenvalue weighted by Crippen LogP contribution is -1.92. The summed E-state index contributed by atoms with van der Waals surface area (Å²) in [5.74, 6) is 0.849. The van der Waals surface area contributed by atoms with Crippen LogP contribution in [0.5, 0.6) is 5.75 Å². The van der Waals surface area contributed by atoms with Crippen molar-refractivity contribution in [3.63, 3.8) is 0 Å². The van der Waals surface area contributed by atoms with Gasteiger partial charge in [0.2, 0.25) is 0 Å². The summed E-state index contributed by atoms with van der Waals surface area (Å²) in [6, 6.07) is 11.9. The van der Waals surface area contributed by atoms with Crippen LogP contribution in [0.15, 0.2) is 30.3 Å². The van der Waals surface area contributed by atoms with Crippen molar-refractivity contribution in [1.29, 1.82) is 5.26 Å². The zero-order valence-corrected chi connectivity index (χ0v) is 9.45. The summed E-state index contributed by atoms with van der Waals surface area (Å²) >= 11 is 0. The number of nitrogens with zero attached hydrogens (tertiary/aromatic N) is 1. The van der Waals surface area contributed by atoms with Crippen LogP contribution in [0.2, 0.25) is 0 Å². The standard InChI is InChI=1S/C14H13NO/c1-3-16-13-7-5-4-6-12-11(9-15)8-10(2)14(12)13/h4-8H,3H2,1-2H3. The first-order valence-corrected chi connectivity index (χ1v) is 5.33. The molecular formula is C14H13NO. The lowest BCUT2D eigenvalue weighted by atomic mass is 10.1. The Morgan fingerprint density at radius 2 is 2.06 bits per heavy atom. The normalized spacial score (nSPS) is 10.1. The van der Waals surface area contributed by atoms with Crippen LogP contribution in [0, 0.1) is 18.3 Å². The number of aryl methyl sites for hydroxylation is 1. The van der Waals surface area contributed by atoms with Crippen molar-refractivity contribution in [2.75, 3.05) is 6.61 Å². The van der Waals surface area contributed by atoms with E-state index < -0.39 is 0 Å². The molecule has 16 heavy (non-hydrogen) atoms. The van der Waals surface area contributed by atoms with Gasteiger partial charge < -0.3 is 4.74 Å². The summed E-state index contributed by atoms with van der Waals surface area (Å²) in [5, 5.41) is 9.06. The number of rotatable bonds is 2. The van der Waals surface area contributed by atoms with Crippen molar-refractivity contribution >= 4 is 0 Å². The Kier molecular flexibility index (Phi) is 2.78. The van der Waals surface area contributed by atoms with Crippen molar-refractivity contribution in [3.05, 3.63) is 41.5 Å². The van der Waals surface area contributed by atoms with Gasteiger partial charge in [-0.25, -0.2) is 0 Å². The highest BCUT2D eigenvalue weighted by molar-refractivity contribution is 5.81. The van der Waals surface area contributed by atoms with Gasteiger partial charge in [0.1, 0.15) is 5.75 Å². The molecule has 2 aliphatic carbocycles. The average Bonchev–Trinajstić information content (AvgIpc) is 2.47. The van der Waals surface area contributed by atoms with Gasteiger partial charge in [0.15, 0.2) is 0 Å². The fraction of sp³-hybridized carbons (Fsp3) is 0.214. The highest BCUT2D eigenvalue weighted by Crippen LogP contribution is 2.38. The SMILES string of the molecule is CCOc1ccccc2c(C#N)cc(C)c1-2. The predicted octanol–water partition coefficient (Wildman–Crippen LogP) is 3.37. The van der Waals surface area contributed by atoms with E-state index in [9.17, 15) is 0 Å². The Hall–Kier alpha value is -2.01. The molecule has 0 spiro atoms. The first kappa shape index (κ1) is 10.5. The Bertz CT molecular complexity index is 525. The second-order valence-electron chi connectivity index (χ2n) is 3.66. The monoisotopic (exact) mass is 211 g/mol. The van der Waals surface area contributed by atoms with Gasteiger partial charge >= 0.3 is 0 Å². The maximum absolute atomic E-state index is 9.06. The fourth-order valence-electron chi connectivity index (χ4n) is 1.96. The molecule has 2 heteroatoms. The molecular weight excluding hydrogens is 198 g/mol. The van der Waals surface area contributed by atoms with E-state index in [1.165, 1.54) is 0 Å². The molecule has 0 N–H and O–H groups in total. The fourth-order valence-corrected chi connectivity index (χ4v) is 1.96. The highest BCUT2D eigenvalue weighted by Gasteiger charge is 2.16. The van der Waals surface area contributed by atoms with Gasteiger partial charge in [0.05, 0.1) is 18.2 Å². The van der Waals surface area contributed by atoms with E-state index in [1.807, 2.05) is 44.2 Å². The minimum absolute atomic E-state index is 0.631. The zero-order chi connectivity index (χ0) is 11.5. The second-order valence-corrected chi connectivity index (χ2v) is 3.66. The summed E-state index contributed by atoms with van der Waals surface area (Å²) in [6.45, 7) is 4.60. The molecule has 2 aliphatic rings. The maximum atomic E-state index is 9.06.